The van der Waals surface area contributed by atoms with Gasteiger partial charge in [0, 0.05) is 18.3 Å². The second-order valence-corrected chi connectivity index (χ2v) is 7.06. The van der Waals surface area contributed by atoms with E-state index in [1.165, 1.54) is 0 Å². The number of benzene rings is 2. The van der Waals surface area contributed by atoms with Crippen molar-refractivity contribution in [2.75, 3.05) is 37.0 Å². The Balaban J connectivity index is 1.58. The van der Waals surface area contributed by atoms with E-state index >= 15 is 0 Å². The van der Waals surface area contributed by atoms with E-state index in [1.807, 2.05) is 18.2 Å². The molecule has 7 heteroatoms. The molecule has 1 heterocycles. The number of carbonyl (C=O) groups excluding carboxylic acids is 2. The summed E-state index contributed by atoms with van der Waals surface area (Å²) in [7, 11) is 0. The summed E-state index contributed by atoms with van der Waals surface area (Å²) in [5, 5.41) is 18.3. The van der Waals surface area contributed by atoms with Gasteiger partial charge in [0.1, 0.15) is 0 Å². The fourth-order valence-electron chi connectivity index (χ4n) is 3.39. The van der Waals surface area contributed by atoms with Crippen molar-refractivity contribution in [3.05, 3.63) is 60.2 Å². The van der Waals surface area contributed by atoms with E-state index in [1.54, 1.807) is 36.4 Å². The molecule has 0 radical (unpaired) electrons. The van der Waals surface area contributed by atoms with Crippen molar-refractivity contribution in [3.63, 3.8) is 0 Å². The summed E-state index contributed by atoms with van der Waals surface area (Å²) >= 11 is 0. The van der Waals surface area contributed by atoms with Gasteiger partial charge in [-0.25, -0.2) is 0 Å². The molecule has 0 saturated carbocycles. The van der Waals surface area contributed by atoms with Crippen LogP contribution in [0.1, 0.15) is 23.2 Å². The molecule has 3 rings (SSSR count). The fourth-order valence-corrected chi connectivity index (χ4v) is 3.39. The molecule has 4 N–H and O–H groups in total. The molecule has 0 aromatic heterocycles. The summed E-state index contributed by atoms with van der Waals surface area (Å²) in [6.45, 7) is 1.31. The van der Waals surface area contributed by atoms with Crippen LogP contribution in [0.3, 0.4) is 0 Å². The molecule has 2 aromatic carbocycles. The molecular formula is C22H27N3O4. The number of amides is 2. The van der Waals surface area contributed by atoms with Gasteiger partial charge in [0.15, 0.2) is 0 Å². The SMILES string of the molecule is O=C(CNC(CO)C1CCCOC1)Nc1ccccc1C(=O)Nc1ccccc1. The summed E-state index contributed by atoms with van der Waals surface area (Å²) in [6.07, 6.45) is 1.92. The zero-order valence-electron chi connectivity index (χ0n) is 16.3. The Bertz CT molecular complexity index is 807. The summed E-state index contributed by atoms with van der Waals surface area (Å²) in [4.78, 5) is 25.0. The van der Waals surface area contributed by atoms with Gasteiger partial charge in [0.2, 0.25) is 5.91 Å². The van der Waals surface area contributed by atoms with E-state index in [9.17, 15) is 14.7 Å². The number of nitrogens with one attached hydrogen (secondary N) is 3. The fraction of sp³-hybridized carbons (Fsp3) is 0.364. The number of ether oxygens (including phenoxy) is 1. The highest BCUT2D eigenvalue weighted by atomic mass is 16.5. The third kappa shape index (κ3) is 6.12. The van der Waals surface area contributed by atoms with Gasteiger partial charge in [-0.15, -0.1) is 0 Å². The lowest BCUT2D eigenvalue weighted by Gasteiger charge is -2.29. The maximum absolute atomic E-state index is 12.6. The third-order valence-corrected chi connectivity index (χ3v) is 4.96. The van der Waals surface area contributed by atoms with Crippen molar-refractivity contribution < 1.29 is 19.4 Å². The zero-order valence-corrected chi connectivity index (χ0v) is 16.3. The van der Waals surface area contributed by atoms with Crippen molar-refractivity contribution in [3.8, 4) is 0 Å². The Morgan fingerprint density at radius 3 is 2.55 bits per heavy atom. The van der Waals surface area contributed by atoms with Crippen LogP contribution >= 0.6 is 0 Å². The number of para-hydroxylation sites is 2. The van der Waals surface area contributed by atoms with Crippen molar-refractivity contribution in [2.24, 2.45) is 5.92 Å². The minimum atomic E-state index is -0.298. The van der Waals surface area contributed by atoms with Gasteiger partial charge < -0.3 is 25.8 Å². The van der Waals surface area contributed by atoms with E-state index in [0.29, 0.717) is 23.5 Å². The largest absolute Gasteiger partial charge is 0.395 e. The highest BCUT2D eigenvalue weighted by molar-refractivity contribution is 6.10. The maximum Gasteiger partial charge on any atom is 0.257 e. The first-order chi connectivity index (χ1) is 14.2. The van der Waals surface area contributed by atoms with Crippen LogP contribution in [0.5, 0.6) is 0 Å². The van der Waals surface area contributed by atoms with Gasteiger partial charge in [0.05, 0.1) is 31.0 Å². The Labute approximate surface area is 170 Å². The second-order valence-electron chi connectivity index (χ2n) is 7.06. The van der Waals surface area contributed by atoms with E-state index in [2.05, 4.69) is 16.0 Å². The molecule has 2 aromatic rings. The Hall–Kier alpha value is -2.74. The number of aliphatic hydroxyl groups excluding tert-OH is 1. The highest BCUT2D eigenvalue weighted by Crippen LogP contribution is 2.19. The van der Waals surface area contributed by atoms with Crippen LogP contribution in [0.4, 0.5) is 11.4 Å². The van der Waals surface area contributed by atoms with Crippen LogP contribution in [-0.4, -0.2) is 49.3 Å². The van der Waals surface area contributed by atoms with E-state index in [-0.39, 0.29) is 36.9 Å². The number of anilines is 2. The molecule has 1 aliphatic heterocycles. The second kappa shape index (κ2) is 10.7. The third-order valence-electron chi connectivity index (χ3n) is 4.96. The lowest BCUT2D eigenvalue weighted by atomic mass is 9.94. The highest BCUT2D eigenvalue weighted by Gasteiger charge is 2.24. The quantitative estimate of drug-likeness (QED) is 0.548. The molecule has 0 spiro atoms. The number of carbonyl (C=O) groups is 2. The van der Waals surface area contributed by atoms with Crippen LogP contribution in [0, 0.1) is 5.92 Å². The Kier molecular flexibility index (Phi) is 7.75. The monoisotopic (exact) mass is 397 g/mol. The molecule has 154 valence electrons. The Morgan fingerprint density at radius 1 is 1.07 bits per heavy atom. The molecule has 0 bridgehead atoms. The van der Waals surface area contributed by atoms with Crippen molar-refractivity contribution in [1.29, 1.82) is 0 Å². The number of hydrogen-bond acceptors (Lipinski definition) is 5. The zero-order chi connectivity index (χ0) is 20.5. The summed E-state index contributed by atoms with van der Waals surface area (Å²) in [5.41, 5.74) is 1.50. The van der Waals surface area contributed by atoms with Crippen LogP contribution in [0.25, 0.3) is 0 Å². The van der Waals surface area contributed by atoms with Gasteiger partial charge in [0.25, 0.3) is 5.91 Å². The van der Waals surface area contributed by atoms with Crippen LogP contribution in [0.15, 0.2) is 54.6 Å². The topological polar surface area (TPSA) is 99.7 Å². The first-order valence-corrected chi connectivity index (χ1v) is 9.84. The normalized spacial score (nSPS) is 17.3. The minimum absolute atomic E-state index is 0.0381. The molecule has 2 atom stereocenters. The van der Waals surface area contributed by atoms with Crippen molar-refractivity contribution in [1.82, 2.24) is 5.32 Å². The summed E-state index contributed by atoms with van der Waals surface area (Å²) < 4.78 is 5.46. The Morgan fingerprint density at radius 2 is 1.83 bits per heavy atom. The average molecular weight is 397 g/mol. The lowest BCUT2D eigenvalue weighted by Crippen LogP contribution is -2.45. The number of rotatable bonds is 8. The molecular weight excluding hydrogens is 370 g/mol. The maximum atomic E-state index is 12.6. The minimum Gasteiger partial charge on any atom is -0.395 e. The average Bonchev–Trinajstić information content (AvgIpc) is 2.76. The standard InChI is InChI=1S/C22H27N3O4/c26-14-20(16-7-6-12-29-15-16)23-13-21(27)25-19-11-5-4-10-18(19)22(28)24-17-8-2-1-3-9-17/h1-5,8-11,16,20,23,26H,6-7,12-15H2,(H,24,28)(H,25,27). The molecule has 7 nitrogen and oxygen atoms in total. The van der Waals surface area contributed by atoms with E-state index in [0.717, 1.165) is 19.4 Å². The van der Waals surface area contributed by atoms with E-state index < -0.39 is 0 Å². The smallest absolute Gasteiger partial charge is 0.257 e. The summed E-state index contributed by atoms with van der Waals surface area (Å²) in [5.74, 6) is -0.390. The van der Waals surface area contributed by atoms with Crippen molar-refractivity contribution in [2.45, 2.75) is 18.9 Å². The molecule has 1 fully saturated rings. The van der Waals surface area contributed by atoms with Gasteiger partial charge in [-0.2, -0.15) is 0 Å². The molecule has 1 aliphatic rings. The van der Waals surface area contributed by atoms with Crippen LogP contribution in [-0.2, 0) is 9.53 Å². The van der Waals surface area contributed by atoms with Gasteiger partial charge in [-0.05, 0) is 43.0 Å². The molecule has 29 heavy (non-hydrogen) atoms. The first kappa shape index (κ1) is 21.0. The first-order valence-electron chi connectivity index (χ1n) is 9.84. The van der Waals surface area contributed by atoms with Crippen molar-refractivity contribution >= 4 is 23.2 Å². The van der Waals surface area contributed by atoms with Gasteiger partial charge in [-0.3, -0.25) is 9.59 Å². The lowest BCUT2D eigenvalue weighted by molar-refractivity contribution is -0.115. The molecule has 0 aliphatic carbocycles. The predicted octanol–water partition coefficient (Wildman–Crippen LogP) is 2.25. The van der Waals surface area contributed by atoms with E-state index in [4.69, 9.17) is 4.74 Å². The summed E-state index contributed by atoms with van der Waals surface area (Å²) in [6, 6.07) is 15.8. The van der Waals surface area contributed by atoms with Crippen LogP contribution < -0.4 is 16.0 Å². The predicted molar refractivity (Wildman–Crippen MR) is 112 cm³/mol. The van der Waals surface area contributed by atoms with Gasteiger partial charge >= 0.3 is 0 Å². The van der Waals surface area contributed by atoms with Gasteiger partial charge in [-0.1, -0.05) is 30.3 Å². The number of aliphatic hydroxyl groups is 1. The molecule has 1 saturated heterocycles. The molecule has 2 amide bonds. The molecule has 2 unspecified atom stereocenters. The number of hydrogen-bond donors (Lipinski definition) is 4. The van der Waals surface area contributed by atoms with Crippen LogP contribution in [0.2, 0.25) is 0 Å².